The summed E-state index contributed by atoms with van der Waals surface area (Å²) in [6, 6.07) is 19.5. The summed E-state index contributed by atoms with van der Waals surface area (Å²) in [5.74, 6) is 0.347. The van der Waals surface area contributed by atoms with Crippen LogP contribution < -0.4 is 15.0 Å². The zero-order chi connectivity index (χ0) is 19.2. The molecular formula is C22H23N3O2. The number of pyridine rings is 1. The average Bonchev–Trinajstić information content (AvgIpc) is 2.69. The SMILES string of the molecule is COc1ccc(C)cc1NC(=O)c1cc(N(C)Cc2ccccc2)ccn1. The molecule has 138 valence electrons. The van der Waals surface area contributed by atoms with Crippen molar-refractivity contribution in [3.8, 4) is 5.75 Å². The Morgan fingerprint density at radius 3 is 2.63 bits per heavy atom. The molecule has 0 fully saturated rings. The van der Waals surface area contributed by atoms with Gasteiger partial charge in [-0.2, -0.15) is 0 Å². The Morgan fingerprint density at radius 1 is 1.11 bits per heavy atom. The van der Waals surface area contributed by atoms with E-state index in [0.29, 0.717) is 17.1 Å². The first-order chi connectivity index (χ1) is 13.1. The molecule has 1 heterocycles. The van der Waals surface area contributed by atoms with Gasteiger partial charge < -0.3 is 15.0 Å². The number of carbonyl (C=O) groups is 1. The van der Waals surface area contributed by atoms with Gasteiger partial charge in [0.2, 0.25) is 0 Å². The van der Waals surface area contributed by atoms with Gasteiger partial charge in [0, 0.05) is 25.5 Å². The second-order valence-corrected chi connectivity index (χ2v) is 6.40. The summed E-state index contributed by atoms with van der Waals surface area (Å²) in [5, 5.41) is 2.89. The molecule has 27 heavy (non-hydrogen) atoms. The smallest absolute Gasteiger partial charge is 0.274 e. The van der Waals surface area contributed by atoms with Crippen LogP contribution in [-0.2, 0) is 6.54 Å². The molecule has 0 saturated heterocycles. The maximum atomic E-state index is 12.7. The molecule has 0 saturated carbocycles. The second-order valence-electron chi connectivity index (χ2n) is 6.40. The van der Waals surface area contributed by atoms with E-state index in [1.807, 2.05) is 56.4 Å². The summed E-state index contributed by atoms with van der Waals surface area (Å²) in [4.78, 5) is 19.0. The lowest BCUT2D eigenvalue weighted by Crippen LogP contribution is -2.19. The number of anilines is 2. The van der Waals surface area contributed by atoms with Crippen molar-refractivity contribution in [3.05, 3.63) is 83.7 Å². The Bertz CT molecular complexity index is 926. The standard InChI is InChI=1S/C22H23N3O2/c1-16-9-10-21(27-3)19(13-16)24-22(26)20-14-18(11-12-23-20)25(2)15-17-7-5-4-6-8-17/h4-14H,15H2,1-3H3,(H,24,26). The quantitative estimate of drug-likeness (QED) is 0.712. The van der Waals surface area contributed by atoms with E-state index in [2.05, 4.69) is 27.3 Å². The molecule has 1 amide bonds. The fraction of sp³-hybridized carbons (Fsp3) is 0.182. The number of hydrogen-bond donors (Lipinski definition) is 1. The fourth-order valence-corrected chi connectivity index (χ4v) is 2.84. The molecule has 3 aromatic rings. The molecule has 2 aromatic carbocycles. The number of ether oxygens (including phenoxy) is 1. The summed E-state index contributed by atoms with van der Waals surface area (Å²) >= 11 is 0. The molecule has 5 nitrogen and oxygen atoms in total. The van der Waals surface area contributed by atoms with Crippen molar-refractivity contribution in [2.45, 2.75) is 13.5 Å². The molecule has 3 rings (SSSR count). The predicted molar refractivity (Wildman–Crippen MR) is 108 cm³/mol. The number of methoxy groups -OCH3 is 1. The van der Waals surface area contributed by atoms with Crippen LogP contribution in [0.15, 0.2) is 66.9 Å². The zero-order valence-corrected chi connectivity index (χ0v) is 15.8. The normalized spacial score (nSPS) is 10.3. The molecule has 0 unspecified atom stereocenters. The number of amides is 1. The van der Waals surface area contributed by atoms with Gasteiger partial charge >= 0.3 is 0 Å². The van der Waals surface area contributed by atoms with Gasteiger partial charge in [-0.1, -0.05) is 36.4 Å². The molecule has 1 aromatic heterocycles. The molecule has 5 heteroatoms. The number of nitrogens with zero attached hydrogens (tertiary/aromatic N) is 2. The van der Waals surface area contributed by atoms with E-state index in [1.165, 1.54) is 5.56 Å². The van der Waals surface area contributed by atoms with Gasteiger partial charge in [-0.3, -0.25) is 9.78 Å². The summed E-state index contributed by atoms with van der Waals surface area (Å²) in [6.07, 6.45) is 1.65. The van der Waals surface area contributed by atoms with E-state index < -0.39 is 0 Å². The minimum Gasteiger partial charge on any atom is -0.495 e. The van der Waals surface area contributed by atoms with Crippen molar-refractivity contribution in [2.24, 2.45) is 0 Å². The van der Waals surface area contributed by atoms with Crippen LogP contribution in [0.4, 0.5) is 11.4 Å². The number of benzene rings is 2. The Hall–Kier alpha value is -3.34. The monoisotopic (exact) mass is 361 g/mol. The molecule has 0 bridgehead atoms. The van der Waals surface area contributed by atoms with Gasteiger partial charge in [-0.25, -0.2) is 0 Å². The molecule has 0 radical (unpaired) electrons. The number of aryl methyl sites for hydroxylation is 1. The van der Waals surface area contributed by atoms with E-state index in [4.69, 9.17) is 4.74 Å². The van der Waals surface area contributed by atoms with Crippen molar-refractivity contribution in [1.29, 1.82) is 0 Å². The highest BCUT2D eigenvalue weighted by molar-refractivity contribution is 6.04. The van der Waals surface area contributed by atoms with Crippen LogP contribution in [0.2, 0.25) is 0 Å². The van der Waals surface area contributed by atoms with Gasteiger partial charge in [0.25, 0.3) is 5.91 Å². The first-order valence-corrected chi connectivity index (χ1v) is 8.74. The molecule has 0 aliphatic carbocycles. The highest BCUT2D eigenvalue weighted by atomic mass is 16.5. The topological polar surface area (TPSA) is 54.5 Å². The molecule has 1 N–H and O–H groups in total. The lowest BCUT2D eigenvalue weighted by atomic mass is 10.2. The lowest BCUT2D eigenvalue weighted by Gasteiger charge is -2.20. The number of nitrogens with one attached hydrogen (secondary N) is 1. The molecule has 0 aliphatic heterocycles. The number of rotatable bonds is 6. The number of hydrogen-bond acceptors (Lipinski definition) is 4. The third-order valence-electron chi connectivity index (χ3n) is 4.28. The van der Waals surface area contributed by atoms with E-state index >= 15 is 0 Å². The third-order valence-corrected chi connectivity index (χ3v) is 4.28. The molecule has 0 aliphatic rings. The van der Waals surface area contributed by atoms with E-state index in [0.717, 1.165) is 17.8 Å². The van der Waals surface area contributed by atoms with Crippen molar-refractivity contribution in [2.75, 3.05) is 24.4 Å². The van der Waals surface area contributed by atoms with Crippen LogP contribution in [0.3, 0.4) is 0 Å². The van der Waals surface area contributed by atoms with Gasteiger partial charge in [0.15, 0.2) is 0 Å². The first kappa shape index (κ1) is 18.5. The molecule has 0 atom stereocenters. The number of carbonyl (C=O) groups excluding carboxylic acids is 1. The van der Waals surface area contributed by atoms with Crippen LogP contribution in [-0.4, -0.2) is 25.0 Å². The minimum absolute atomic E-state index is 0.270. The Morgan fingerprint density at radius 2 is 1.89 bits per heavy atom. The highest BCUT2D eigenvalue weighted by Gasteiger charge is 2.13. The van der Waals surface area contributed by atoms with Gasteiger partial charge in [0.1, 0.15) is 11.4 Å². The van der Waals surface area contributed by atoms with Crippen LogP contribution >= 0.6 is 0 Å². The average molecular weight is 361 g/mol. The summed E-state index contributed by atoms with van der Waals surface area (Å²) < 4.78 is 5.32. The van der Waals surface area contributed by atoms with E-state index in [-0.39, 0.29) is 5.91 Å². The van der Waals surface area contributed by atoms with Crippen molar-refractivity contribution in [3.63, 3.8) is 0 Å². The highest BCUT2D eigenvalue weighted by Crippen LogP contribution is 2.26. The summed E-state index contributed by atoms with van der Waals surface area (Å²) in [5.41, 5.74) is 4.15. The molecule has 0 spiro atoms. The predicted octanol–water partition coefficient (Wildman–Crippen LogP) is 4.29. The van der Waals surface area contributed by atoms with Crippen LogP contribution in [0.25, 0.3) is 0 Å². The molecular weight excluding hydrogens is 338 g/mol. The van der Waals surface area contributed by atoms with Gasteiger partial charge in [0.05, 0.1) is 12.8 Å². The lowest BCUT2D eigenvalue weighted by molar-refractivity contribution is 0.102. The van der Waals surface area contributed by atoms with Crippen LogP contribution in [0, 0.1) is 6.92 Å². The minimum atomic E-state index is -0.270. The fourth-order valence-electron chi connectivity index (χ4n) is 2.84. The zero-order valence-electron chi connectivity index (χ0n) is 15.8. The van der Waals surface area contributed by atoms with E-state index in [1.54, 1.807) is 19.4 Å². The van der Waals surface area contributed by atoms with Crippen LogP contribution in [0.5, 0.6) is 5.75 Å². The Kier molecular flexibility index (Phi) is 5.71. The van der Waals surface area contributed by atoms with Crippen molar-refractivity contribution < 1.29 is 9.53 Å². The summed E-state index contributed by atoms with van der Waals surface area (Å²) in [7, 11) is 3.57. The Balaban J connectivity index is 1.77. The van der Waals surface area contributed by atoms with Crippen LogP contribution in [0.1, 0.15) is 21.6 Å². The number of aromatic nitrogens is 1. The largest absolute Gasteiger partial charge is 0.495 e. The third kappa shape index (κ3) is 4.64. The Labute approximate surface area is 159 Å². The van der Waals surface area contributed by atoms with Crippen molar-refractivity contribution >= 4 is 17.3 Å². The van der Waals surface area contributed by atoms with Gasteiger partial charge in [-0.15, -0.1) is 0 Å². The summed E-state index contributed by atoms with van der Waals surface area (Å²) in [6.45, 7) is 2.71. The maximum absolute atomic E-state index is 12.7. The second kappa shape index (κ2) is 8.36. The maximum Gasteiger partial charge on any atom is 0.274 e. The van der Waals surface area contributed by atoms with E-state index in [9.17, 15) is 4.79 Å². The first-order valence-electron chi connectivity index (χ1n) is 8.74. The van der Waals surface area contributed by atoms with Gasteiger partial charge in [-0.05, 0) is 42.3 Å². The van der Waals surface area contributed by atoms with Crippen molar-refractivity contribution in [1.82, 2.24) is 4.98 Å².